The highest BCUT2D eigenvalue weighted by atomic mass is 16.3. The van der Waals surface area contributed by atoms with Gasteiger partial charge in [0.1, 0.15) is 17.8 Å². The molecule has 110 valence electrons. The maximum Gasteiger partial charge on any atom is 0.157 e. The van der Waals surface area contributed by atoms with E-state index in [0.29, 0.717) is 17.2 Å². The Morgan fingerprint density at radius 3 is 2.64 bits per heavy atom. The number of aromatic hydroxyl groups is 1. The van der Waals surface area contributed by atoms with Crippen LogP contribution in [0.2, 0.25) is 0 Å². The molecule has 3 aromatic rings. The number of hydrazone groups is 1. The Morgan fingerprint density at radius 1 is 1.23 bits per heavy atom. The lowest BCUT2D eigenvalue weighted by Crippen LogP contribution is -2.10. The molecule has 2 heterocycles. The molecule has 0 aliphatic carbocycles. The van der Waals surface area contributed by atoms with E-state index in [2.05, 4.69) is 20.2 Å². The normalized spacial score (nSPS) is 11.6. The van der Waals surface area contributed by atoms with Crippen LogP contribution in [-0.4, -0.2) is 30.6 Å². The lowest BCUT2D eigenvalue weighted by molar-refractivity contribution is 0.475. The smallest absolute Gasteiger partial charge is 0.157 e. The van der Waals surface area contributed by atoms with Crippen molar-refractivity contribution in [2.75, 3.05) is 0 Å². The molecule has 7 nitrogen and oxygen atoms in total. The zero-order valence-corrected chi connectivity index (χ0v) is 11.9. The number of aryl methyl sites for hydroxylation is 1. The fourth-order valence-electron chi connectivity index (χ4n) is 2.05. The first-order valence-corrected chi connectivity index (χ1v) is 6.59. The molecule has 0 aliphatic heterocycles. The molecule has 0 bridgehead atoms. The van der Waals surface area contributed by atoms with Crippen molar-refractivity contribution in [1.29, 1.82) is 0 Å². The third-order valence-corrected chi connectivity index (χ3v) is 3.11. The van der Waals surface area contributed by atoms with Gasteiger partial charge >= 0.3 is 0 Å². The summed E-state index contributed by atoms with van der Waals surface area (Å²) in [5.74, 6) is 6.31. The maximum absolute atomic E-state index is 9.37. The summed E-state index contributed by atoms with van der Waals surface area (Å²) >= 11 is 0. The fraction of sp³-hybridized carbons (Fsp3) is 0.0667. The summed E-state index contributed by atoms with van der Waals surface area (Å²) in [5.41, 5.74) is 2.87. The second kappa shape index (κ2) is 5.65. The first-order valence-electron chi connectivity index (χ1n) is 6.59. The summed E-state index contributed by atoms with van der Waals surface area (Å²) in [6, 6.07) is 8.34. The molecular formula is C15H14N6O. The second-order valence-electron chi connectivity index (χ2n) is 4.75. The molecule has 2 aromatic heterocycles. The summed E-state index contributed by atoms with van der Waals surface area (Å²) in [4.78, 5) is 8.42. The molecular weight excluding hydrogens is 280 g/mol. The number of hydrogen-bond acceptors (Lipinski definition) is 6. The molecule has 0 saturated heterocycles. The SMILES string of the molecule is Cc1cnn(-c2cc(/C(=N/N)c3ccc(O)cc3)ncn2)c1. The average molecular weight is 294 g/mol. The Kier molecular flexibility index (Phi) is 3.53. The summed E-state index contributed by atoms with van der Waals surface area (Å²) in [5, 5.41) is 17.4. The molecule has 1 aromatic carbocycles. The minimum absolute atomic E-state index is 0.176. The standard InChI is InChI=1S/C15H14N6O/c1-10-7-19-21(8-10)14-6-13(17-9-18-14)15(20-16)11-2-4-12(22)5-3-11/h2-9,22H,16H2,1H3/b20-15+. The minimum Gasteiger partial charge on any atom is -0.508 e. The van der Waals surface area contributed by atoms with Gasteiger partial charge in [-0.15, -0.1) is 0 Å². The van der Waals surface area contributed by atoms with Gasteiger partial charge in [-0.2, -0.15) is 10.2 Å². The Morgan fingerprint density at radius 2 is 2.00 bits per heavy atom. The maximum atomic E-state index is 9.37. The van der Waals surface area contributed by atoms with Crippen molar-refractivity contribution < 1.29 is 5.11 Å². The summed E-state index contributed by atoms with van der Waals surface area (Å²) in [6.07, 6.45) is 5.05. The Balaban J connectivity index is 2.02. The minimum atomic E-state index is 0.176. The van der Waals surface area contributed by atoms with E-state index in [4.69, 9.17) is 5.84 Å². The monoisotopic (exact) mass is 294 g/mol. The van der Waals surface area contributed by atoms with Crippen molar-refractivity contribution in [1.82, 2.24) is 19.7 Å². The third-order valence-electron chi connectivity index (χ3n) is 3.11. The van der Waals surface area contributed by atoms with Gasteiger partial charge in [0.15, 0.2) is 5.82 Å². The van der Waals surface area contributed by atoms with Crippen LogP contribution in [0.4, 0.5) is 0 Å². The number of rotatable bonds is 3. The van der Waals surface area contributed by atoms with Gasteiger partial charge in [-0.05, 0) is 36.8 Å². The molecule has 0 radical (unpaired) electrons. The van der Waals surface area contributed by atoms with Gasteiger partial charge in [-0.3, -0.25) is 0 Å². The van der Waals surface area contributed by atoms with Crippen LogP contribution >= 0.6 is 0 Å². The predicted molar refractivity (Wildman–Crippen MR) is 81.8 cm³/mol. The van der Waals surface area contributed by atoms with Crippen molar-refractivity contribution in [2.45, 2.75) is 6.92 Å². The molecule has 0 fully saturated rings. The molecule has 22 heavy (non-hydrogen) atoms. The van der Waals surface area contributed by atoms with E-state index in [0.717, 1.165) is 11.1 Å². The van der Waals surface area contributed by atoms with Gasteiger partial charge in [-0.25, -0.2) is 14.6 Å². The van der Waals surface area contributed by atoms with Gasteiger partial charge in [-0.1, -0.05) is 0 Å². The topological polar surface area (TPSA) is 102 Å². The number of nitrogens with zero attached hydrogens (tertiary/aromatic N) is 5. The first-order chi connectivity index (χ1) is 10.7. The Bertz CT molecular complexity index is 822. The highest BCUT2D eigenvalue weighted by Gasteiger charge is 2.11. The van der Waals surface area contributed by atoms with Gasteiger partial charge in [0.2, 0.25) is 0 Å². The van der Waals surface area contributed by atoms with E-state index in [1.165, 1.54) is 6.33 Å². The van der Waals surface area contributed by atoms with Crippen molar-refractivity contribution in [3.05, 3.63) is 65.9 Å². The second-order valence-corrected chi connectivity index (χ2v) is 4.75. The average Bonchev–Trinajstić information content (AvgIpc) is 2.97. The number of nitrogens with two attached hydrogens (primary N) is 1. The molecule has 7 heteroatoms. The van der Waals surface area contributed by atoms with Crippen LogP contribution in [0.5, 0.6) is 5.75 Å². The highest BCUT2D eigenvalue weighted by Crippen LogP contribution is 2.15. The van der Waals surface area contributed by atoms with E-state index in [1.54, 1.807) is 41.2 Å². The molecule has 0 unspecified atom stereocenters. The quantitative estimate of drug-likeness (QED) is 0.432. The third kappa shape index (κ3) is 2.64. The molecule has 0 aliphatic rings. The molecule has 3 N–H and O–H groups in total. The molecule has 0 spiro atoms. The predicted octanol–water partition coefficient (Wildman–Crippen LogP) is 1.39. The number of aromatic nitrogens is 4. The number of phenolic OH excluding ortho intramolecular Hbond substituents is 1. The molecule has 0 amide bonds. The number of phenols is 1. The lowest BCUT2D eigenvalue weighted by atomic mass is 10.1. The Labute approximate surface area is 126 Å². The van der Waals surface area contributed by atoms with E-state index in [1.807, 2.05) is 13.1 Å². The van der Waals surface area contributed by atoms with Crippen LogP contribution in [0.3, 0.4) is 0 Å². The largest absolute Gasteiger partial charge is 0.508 e. The molecule has 0 atom stereocenters. The van der Waals surface area contributed by atoms with Crippen LogP contribution < -0.4 is 5.84 Å². The Hall–Kier alpha value is -3.22. The van der Waals surface area contributed by atoms with Crippen LogP contribution in [0.15, 0.2) is 54.2 Å². The number of benzene rings is 1. The van der Waals surface area contributed by atoms with Gasteiger partial charge in [0.05, 0.1) is 11.9 Å². The van der Waals surface area contributed by atoms with E-state index in [-0.39, 0.29) is 5.75 Å². The molecule has 0 saturated carbocycles. The van der Waals surface area contributed by atoms with E-state index >= 15 is 0 Å². The lowest BCUT2D eigenvalue weighted by Gasteiger charge is -2.07. The van der Waals surface area contributed by atoms with Crippen LogP contribution in [0.25, 0.3) is 5.82 Å². The van der Waals surface area contributed by atoms with E-state index < -0.39 is 0 Å². The molecule has 3 rings (SSSR count). The first kappa shape index (κ1) is 13.7. The van der Waals surface area contributed by atoms with Crippen molar-refractivity contribution >= 4 is 5.71 Å². The fourth-order valence-corrected chi connectivity index (χ4v) is 2.05. The van der Waals surface area contributed by atoms with Crippen LogP contribution in [-0.2, 0) is 0 Å². The van der Waals surface area contributed by atoms with Crippen LogP contribution in [0.1, 0.15) is 16.8 Å². The van der Waals surface area contributed by atoms with Gasteiger partial charge in [0, 0.05) is 17.8 Å². The van der Waals surface area contributed by atoms with Crippen LogP contribution in [0, 0.1) is 6.92 Å². The zero-order valence-electron chi connectivity index (χ0n) is 11.9. The van der Waals surface area contributed by atoms with Crippen molar-refractivity contribution in [3.63, 3.8) is 0 Å². The summed E-state index contributed by atoms with van der Waals surface area (Å²) in [6.45, 7) is 1.95. The van der Waals surface area contributed by atoms with Crippen molar-refractivity contribution in [2.24, 2.45) is 10.9 Å². The highest BCUT2D eigenvalue weighted by molar-refractivity contribution is 6.11. The summed E-state index contributed by atoms with van der Waals surface area (Å²) < 4.78 is 1.66. The van der Waals surface area contributed by atoms with Gasteiger partial charge in [0.25, 0.3) is 0 Å². The number of hydrogen-bond donors (Lipinski definition) is 2. The van der Waals surface area contributed by atoms with E-state index in [9.17, 15) is 5.11 Å². The zero-order chi connectivity index (χ0) is 15.5. The van der Waals surface area contributed by atoms with Crippen molar-refractivity contribution in [3.8, 4) is 11.6 Å². The summed E-state index contributed by atoms with van der Waals surface area (Å²) in [7, 11) is 0. The van der Waals surface area contributed by atoms with Gasteiger partial charge < -0.3 is 10.9 Å².